The van der Waals surface area contributed by atoms with Crippen molar-refractivity contribution in [1.82, 2.24) is 4.98 Å². The van der Waals surface area contributed by atoms with Crippen LogP contribution in [0, 0.1) is 6.92 Å². The lowest BCUT2D eigenvalue weighted by Crippen LogP contribution is -2.08. The molecule has 1 aromatic heterocycles. The fourth-order valence-corrected chi connectivity index (χ4v) is 0.732. The van der Waals surface area contributed by atoms with Crippen LogP contribution in [0.25, 0.3) is 0 Å². The van der Waals surface area contributed by atoms with Crippen LogP contribution in [-0.2, 0) is 0 Å². The van der Waals surface area contributed by atoms with Crippen LogP contribution in [0.15, 0.2) is 18.3 Å². The number of hydrogen-bond acceptors (Lipinski definition) is 2. The minimum Gasteiger partial charge on any atom is -0.465 e. The number of anilines is 1. The molecule has 1 amide bonds. The molecule has 0 spiro atoms. The van der Waals surface area contributed by atoms with Crippen molar-refractivity contribution in [3.63, 3.8) is 0 Å². The number of aryl methyl sites for hydroxylation is 1. The Balaban J connectivity index is 2.86. The lowest BCUT2D eigenvalue weighted by Gasteiger charge is -2.01. The fraction of sp³-hybridized carbons (Fsp3) is 0.143. The monoisotopic (exact) mass is 152 g/mol. The number of rotatable bonds is 1. The van der Waals surface area contributed by atoms with E-state index in [9.17, 15) is 4.79 Å². The molecule has 1 rings (SSSR count). The first kappa shape index (κ1) is 7.53. The van der Waals surface area contributed by atoms with Crippen LogP contribution in [0.1, 0.15) is 5.69 Å². The summed E-state index contributed by atoms with van der Waals surface area (Å²) in [7, 11) is 0. The molecule has 1 aromatic rings. The zero-order valence-electron chi connectivity index (χ0n) is 6.03. The fourth-order valence-electron chi connectivity index (χ4n) is 0.732. The molecule has 1 heterocycles. The number of hydrogen-bond donors (Lipinski definition) is 2. The molecular formula is C7H8N2O2. The number of aromatic nitrogens is 1. The van der Waals surface area contributed by atoms with E-state index in [1.807, 2.05) is 0 Å². The van der Waals surface area contributed by atoms with Crippen LogP contribution in [0.2, 0.25) is 0 Å². The summed E-state index contributed by atoms with van der Waals surface area (Å²) in [5.41, 5.74) is 1.20. The molecule has 2 N–H and O–H groups in total. The first-order chi connectivity index (χ1) is 5.20. The van der Waals surface area contributed by atoms with Crippen LogP contribution in [0.5, 0.6) is 0 Å². The van der Waals surface area contributed by atoms with Gasteiger partial charge < -0.3 is 5.11 Å². The minimum absolute atomic E-state index is 0.528. The van der Waals surface area contributed by atoms with E-state index >= 15 is 0 Å². The number of carbonyl (C=O) groups is 1. The Kier molecular flexibility index (Phi) is 2.06. The molecule has 4 heteroatoms. The van der Waals surface area contributed by atoms with Crippen molar-refractivity contribution < 1.29 is 9.90 Å². The Morgan fingerprint density at radius 2 is 2.45 bits per heavy atom. The predicted octanol–water partition coefficient (Wildman–Crippen LogP) is 1.48. The summed E-state index contributed by atoms with van der Waals surface area (Å²) in [5, 5.41) is 10.6. The SMILES string of the molecule is Cc1ncccc1NC(=O)O. The lowest BCUT2D eigenvalue weighted by molar-refractivity contribution is 0.209. The van der Waals surface area contributed by atoms with Gasteiger partial charge in [0, 0.05) is 6.20 Å². The molecule has 4 nitrogen and oxygen atoms in total. The summed E-state index contributed by atoms with van der Waals surface area (Å²) in [6.45, 7) is 1.74. The van der Waals surface area contributed by atoms with Gasteiger partial charge in [0.05, 0.1) is 11.4 Å². The van der Waals surface area contributed by atoms with E-state index in [0.717, 1.165) is 0 Å². The van der Waals surface area contributed by atoms with Gasteiger partial charge in [-0.2, -0.15) is 0 Å². The smallest absolute Gasteiger partial charge is 0.409 e. The second-order valence-corrected chi connectivity index (χ2v) is 2.07. The van der Waals surface area contributed by atoms with E-state index in [2.05, 4.69) is 10.3 Å². The average molecular weight is 152 g/mol. The largest absolute Gasteiger partial charge is 0.465 e. The molecule has 0 aromatic carbocycles. The van der Waals surface area contributed by atoms with Crippen molar-refractivity contribution >= 4 is 11.8 Å². The number of pyridine rings is 1. The zero-order chi connectivity index (χ0) is 8.27. The zero-order valence-corrected chi connectivity index (χ0v) is 6.03. The standard InChI is InChI=1S/C7H8N2O2/c1-5-6(9-7(10)11)3-2-4-8-5/h2-4,9H,1H3,(H,10,11). The van der Waals surface area contributed by atoms with Crippen molar-refractivity contribution in [3.8, 4) is 0 Å². The van der Waals surface area contributed by atoms with Crippen molar-refractivity contribution in [1.29, 1.82) is 0 Å². The topological polar surface area (TPSA) is 62.2 Å². The van der Waals surface area contributed by atoms with E-state index in [1.165, 1.54) is 0 Å². The Bertz CT molecular complexity index is 273. The van der Waals surface area contributed by atoms with Gasteiger partial charge in [-0.15, -0.1) is 0 Å². The van der Waals surface area contributed by atoms with E-state index in [4.69, 9.17) is 5.11 Å². The Labute approximate surface area is 63.9 Å². The molecular weight excluding hydrogens is 144 g/mol. The second-order valence-electron chi connectivity index (χ2n) is 2.07. The highest BCUT2D eigenvalue weighted by Gasteiger charge is 1.99. The minimum atomic E-state index is -1.07. The summed E-state index contributed by atoms with van der Waals surface area (Å²) in [6, 6.07) is 3.34. The Morgan fingerprint density at radius 1 is 1.73 bits per heavy atom. The second kappa shape index (κ2) is 3.01. The van der Waals surface area contributed by atoms with Gasteiger partial charge in [0.2, 0.25) is 0 Å². The highest BCUT2D eigenvalue weighted by Crippen LogP contribution is 2.09. The van der Waals surface area contributed by atoms with Crippen LogP contribution < -0.4 is 5.32 Å². The molecule has 0 unspecified atom stereocenters. The van der Waals surface area contributed by atoms with E-state index in [-0.39, 0.29) is 0 Å². The quantitative estimate of drug-likeness (QED) is 0.640. The summed E-state index contributed by atoms with van der Waals surface area (Å²) >= 11 is 0. The maximum Gasteiger partial charge on any atom is 0.409 e. The van der Waals surface area contributed by atoms with Gasteiger partial charge in [0.15, 0.2) is 0 Å². The Morgan fingerprint density at radius 3 is 3.00 bits per heavy atom. The maximum atomic E-state index is 10.2. The van der Waals surface area contributed by atoms with Crippen LogP contribution in [0.3, 0.4) is 0 Å². The maximum absolute atomic E-state index is 10.2. The van der Waals surface area contributed by atoms with Crippen molar-refractivity contribution in [2.45, 2.75) is 6.92 Å². The van der Waals surface area contributed by atoms with Crippen LogP contribution >= 0.6 is 0 Å². The summed E-state index contributed by atoms with van der Waals surface area (Å²) < 4.78 is 0. The molecule has 0 saturated heterocycles. The molecule has 0 aliphatic carbocycles. The number of nitrogens with zero attached hydrogens (tertiary/aromatic N) is 1. The van der Waals surface area contributed by atoms with E-state index in [0.29, 0.717) is 11.4 Å². The van der Waals surface area contributed by atoms with Gasteiger partial charge in [-0.25, -0.2) is 4.79 Å². The van der Waals surface area contributed by atoms with Gasteiger partial charge in [-0.1, -0.05) is 0 Å². The van der Waals surface area contributed by atoms with Crippen molar-refractivity contribution in [2.75, 3.05) is 5.32 Å². The van der Waals surface area contributed by atoms with Gasteiger partial charge in [-0.3, -0.25) is 10.3 Å². The number of amides is 1. The summed E-state index contributed by atoms with van der Waals surface area (Å²) in [6.07, 6.45) is 0.545. The third-order valence-electron chi connectivity index (χ3n) is 1.25. The van der Waals surface area contributed by atoms with Crippen LogP contribution in [0.4, 0.5) is 10.5 Å². The van der Waals surface area contributed by atoms with Gasteiger partial charge in [-0.05, 0) is 19.1 Å². The number of carboxylic acid groups (broad SMARTS) is 1. The van der Waals surface area contributed by atoms with Crippen LogP contribution in [-0.4, -0.2) is 16.2 Å². The molecule has 0 bridgehead atoms. The average Bonchev–Trinajstić information content (AvgIpc) is 1.93. The molecule has 0 fully saturated rings. The lowest BCUT2D eigenvalue weighted by atomic mass is 10.3. The van der Waals surface area contributed by atoms with E-state index in [1.54, 1.807) is 25.3 Å². The van der Waals surface area contributed by atoms with Crippen molar-refractivity contribution in [2.24, 2.45) is 0 Å². The molecule has 11 heavy (non-hydrogen) atoms. The molecule has 0 aliphatic heterocycles. The first-order valence-electron chi connectivity index (χ1n) is 3.11. The predicted molar refractivity (Wildman–Crippen MR) is 40.6 cm³/mol. The summed E-state index contributed by atoms with van der Waals surface area (Å²) in [5.74, 6) is 0. The molecule has 0 saturated carbocycles. The van der Waals surface area contributed by atoms with E-state index < -0.39 is 6.09 Å². The molecule has 0 atom stereocenters. The molecule has 0 aliphatic rings. The van der Waals surface area contributed by atoms with Gasteiger partial charge >= 0.3 is 6.09 Å². The number of nitrogens with one attached hydrogen (secondary N) is 1. The normalized spacial score (nSPS) is 9.18. The van der Waals surface area contributed by atoms with Crippen molar-refractivity contribution in [3.05, 3.63) is 24.0 Å². The highest BCUT2D eigenvalue weighted by molar-refractivity contribution is 5.83. The Hall–Kier alpha value is -1.58. The third-order valence-corrected chi connectivity index (χ3v) is 1.25. The van der Waals surface area contributed by atoms with Gasteiger partial charge in [0.25, 0.3) is 0 Å². The third kappa shape index (κ3) is 1.93. The van der Waals surface area contributed by atoms with Gasteiger partial charge in [0.1, 0.15) is 0 Å². The highest BCUT2D eigenvalue weighted by atomic mass is 16.4. The summed E-state index contributed by atoms with van der Waals surface area (Å²) in [4.78, 5) is 14.1. The molecule has 58 valence electrons. The molecule has 0 radical (unpaired) electrons. The first-order valence-corrected chi connectivity index (χ1v) is 3.11.